The van der Waals surface area contributed by atoms with E-state index in [1.54, 1.807) is 27.6 Å². The van der Waals surface area contributed by atoms with Crippen LogP contribution in [0.3, 0.4) is 0 Å². The minimum Gasteiger partial charge on any atom is -0.497 e. The molecule has 0 bridgehead atoms. The van der Waals surface area contributed by atoms with Gasteiger partial charge in [-0.15, -0.1) is 10.2 Å². The summed E-state index contributed by atoms with van der Waals surface area (Å²) in [5.41, 5.74) is 1.04. The van der Waals surface area contributed by atoms with Crippen molar-refractivity contribution in [2.45, 2.75) is 13.1 Å². The fraction of sp³-hybridized carbons (Fsp3) is 0.438. The van der Waals surface area contributed by atoms with Gasteiger partial charge in [-0.25, -0.2) is 0 Å². The van der Waals surface area contributed by atoms with Crippen LogP contribution in [0, 0.1) is 0 Å². The van der Waals surface area contributed by atoms with Gasteiger partial charge in [-0.1, -0.05) is 0 Å². The minimum absolute atomic E-state index is 0.549. The second-order valence-corrected chi connectivity index (χ2v) is 5.29. The molecule has 0 saturated carbocycles. The van der Waals surface area contributed by atoms with Crippen molar-refractivity contribution < 1.29 is 9.47 Å². The Balaban J connectivity index is 2.04. The molecule has 0 atom stereocenters. The molecule has 0 fully saturated rings. The van der Waals surface area contributed by atoms with Crippen LogP contribution in [0.2, 0.25) is 0 Å². The number of benzene rings is 1. The summed E-state index contributed by atoms with van der Waals surface area (Å²) in [6.07, 6.45) is 1.67. The molecule has 0 aliphatic heterocycles. The Kier molecular flexibility index (Phi) is 6.00. The maximum Gasteiger partial charge on any atom is 0.194 e. The lowest BCUT2D eigenvalue weighted by Crippen LogP contribution is -2.38. The predicted octanol–water partition coefficient (Wildman–Crippen LogP) is 1.04. The monoisotopic (exact) mass is 332 g/mol. The van der Waals surface area contributed by atoms with E-state index in [1.165, 1.54) is 0 Å². The van der Waals surface area contributed by atoms with E-state index in [0.717, 1.165) is 28.8 Å². The molecule has 1 aromatic heterocycles. The molecule has 2 rings (SSSR count). The number of aromatic nitrogens is 3. The van der Waals surface area contributed by atoms with Crippen molar-refractivity contribution in [1.82, 2.24) is 25.0 Å². The van der Waals surface area contributed by atoms with Crippen molar-refractivity contribution in [1.29, 1.82) is 0 Å². The summed E-state index contributed by atoms with van der Waals surface area (Å²) in [4.78, 5) is 6.33. The van der Waals surface area contributed by atoms with Gasteiger partial charge in [0, 0.05) is 39.3 Å². The van der Waals surface area contributed by atoms with Crippen LogP contribution in [-0.2, 0) is 20.1 Å². The van der Waals surface area contributed by atoms with Gasteiger partial charge in [-0.2, -0.15) is 0 Å². The van der Waals surface area contributed by atoms with Gasteiger partial charge in [0.1, 0.15) is 17.8 Å². The summed E-state index contributed by atoms with van der Waals surface area (Å²) in [6, 6.07) is 5.78. The summed E-state index contributed by atoms with van der Waals surface area (Å²) in [7, 11) is 8.92. The summed E-state index contributed by atoms with van der Waals surface area (Å²) >= 11 is 0. The van der Waals surface area contributed by atoms with E-state index in [4.69, 9.17) is 9.47 Å². The lowest BCUT2D eigenvalue weighted by molar-refractivity contribution is 0.382. The van der Waals surface area contributed by atoms with Crippen LogP contribution in [0.15, 0.2) is 29.5 Å². The highest BCUT2D eigenvalue weighted by Gasteiger charge is 2.12. The van der Waals surface area contributed by atoms with E-state index in [0.29, 0.717) is 13.1 Å². The normalized spacial score (nSPS) is 11.3. The first-order valence-corrected chi connectivity index (χ1v) is 7.54. The molecule has 0 aliphatic carbocycles. The van der Waals surface area contributed by atoms with Crippen molar-refractivity contribution in [3.63, 3.8) is 0 Å². The van der Waals surface area contributed by atoms with E-state index in [-0.39, 0.29) is 0 Å². The van der Waals surface area contributed by atoms with Crippen LogP contribution in [0.5, 0.6) is 11.5 Å². The molecule has 0 spiro atoms. The smallest absolute Gasteiger partial charge is 0.194 e. The quantitative estimate of drug-likeness (QED) is 0.629. The molecule has 0 amide bonds. The molecule has 8 nitrogen and oxygen atoms in total. The summed E-state index contributed by atoms with van der Waals surface area (Å²) < 4.78 is 12.5. The van der Waals surface area contributed by atoms with Crippen molar-refractivity contribution in [3.05, 3.63) is 35.9 Å². The third-order valence-electron chi connectivity index (χ3n) is 3.68. The lowest BCUT2D eigenvalue weighted by atomic mass is 10.2. The fourth-order valence-electron chi connectivity index (χ4n) is 2.32. The number of guanidine groups is 1. The molecule has 8 heteroatoms. The first-order chi connectivity index (χ1) is 11.6. The SMILES string of the molecule is CN=C(NCc1nncn1C)N(C)Cc1ccc(OC)cc1OC. The molecular weight excluding hydrogens is 308 g/mol. The van der Waals surface area contributed by atoms with Gasteiger partial charge in [0.2, 0.25) is 0 Å². The van der Waals surface area contributed by atoms with Crippen LogP contribution in [0.25, 0.3) is 0 Å². The molecule has 1 heterocycles. The van der Waals surface area contributed by atoms with Gasteiger partial charge in [-0.05, 0) is 12.1 Å². The average Bonchev–Trinajstić information content (AvgIpc) is 3.01. The third-order valence-corrected chi connectivity index (χ3v) is 3.68. The Morgan fingerprint density at radius 3 is 2.71 bits per heavy atom. The zero-order valence-corrected chi connectivity index (χ0v) is 14.8. The Morgan fingerprint density at radius 2 is 2.12 bits per heavy atom. The second-order valence-electron chi connectivity index (χ2n) is 5.29. The highest BCUT2D eigenvalue weighted by Crippen LogP contribution is 2.25. The standard InChI is InChI=1S/C16H24N6O2/c1-17-16(18-9-15-20-19-11-22(15)3)21(2)10-12-6-7-13(23-4)8-14(12)24-5/h6-8,11H,9-10H2,1-5H3,(H,17,18). The van der Waals surface area contributed by atoms with Crippen LogP contribution in [0.4, 0.5) is 0 Å². The lowest BCUT2D eigenvalue weighted by Gasteiger charge is -2.23. The minimum atomic E-state index is 0.549. The summed E-state index contributed by atoms with van der Waals surface area (Å²) in [6.45, 7) is 1.19. The maximum absolute atomic E-state index is 5.45. The topological polar surface area (TPSA) is 76.8 Å². The number of rotatable bonds is 6. The number of methoxy groups -OCH3 is 2. The highest BCUT2D eigenvalue weighted by molar-refractivity contribution is 5.79. The first kappa shape index (κ1) is 17.6. The third kappa shape index (κ3) is 4.15. The average molecular weight is 332 g/mol. The van der Waals surface area contributed by atoms with Gasteiger partial charge < -0.3 is 24.3 Å². The summed E-state index contributed by atoms with van der Waals surface area (Å²) in [5, 5.41) is 11.2. The fourth-order valence-corrected chi connectivity index (χ4v) is 2.32. The van der Waals surface area contributed by atoms with Crippen LogP contribution < -0.4 is 14.8 Å². The molecule has 130 valence electrons. The molecule has 24 heavy (non-hydrogen) atoms. The molecule has 0 saturated heterocycles. The Hall–Kier alpha value is -2.77. The number of aliphatic imine (C=N–C) groups is 1. The Morgan fingerprint density at radius 1 is 1.33 bits per heavy atom. The molecule has 2 aromatic rings. The molecule has 0 unspecified atom stereocenters. The van der Waals surface area contributed by atoms with E-state index < -0.39 is 0 Å². The van der Waals surface area contributed by atoms with E-state index in [9.17, 15) is 0 Å². The molecular formula is C16H24N6O2. The highest BCUT2D eigenvalue weighted by atomic mass is 16.5. The van der Waals surface area contributed by atoms with Gasteiger partial charge in [0.15, 0.2) is 11.8 Å². The van der Waals surface area contributed by atoms with Crippen molar-refractivity contribution in [2.75, 3.05) is 28.3 Å². The molecule has 1 aromatic carbocycles. The molecule has 0 radical (unpaired) electrons. The van der Waals surface area contributed by atoms with Crippen molar-refractivity contribution in [2.24, 2.45) is 12.0 Å². The van der Waals surface area contributed by atoms with Crippen LogP contribution in [-0.4, -0.2) is 53.9 Å². The zero-order valence-electron chi connectivity index (χ0n) is 14.8. The number of aryl methyl sites for hydroxylation is 1. The number of hydrogen-bond acceptors (Lipinski definition) is 5. The van der Waals surface area contributed by atoms with Gasteiger partial charge >= 0.3 is 0 Å². The largest absolute Gasteiger partial charge is 0.497 e. The van der Waals surface area contributed by atoms with E-state index in [1.807, 2.05) is 41.8 Å². The van der Waals surface area contributed by atoms with Crippen molar-refractivity contribution >= 4 is 5.96 Å². The predicted molar refractivity (Wildman–Crippen MR) is 92.2 cm³/mol. The second kappa shape index (κ2) is 8.19. The molecule has 1 N–H and O–H groups in total. The maximum atomic E-state index is 5.45. The van der Waals surface area contributed by atoms with E-state index in [2.05, 4.69) is 20.5 Å². The zero-order chi connectivity index (χ0) is 17.5. The van der Waals surface area contributed by atoms with Gasteiger partial charge in [-0.3, -0.25) is 4.99 Å². The summed E-state index contributed by atoms with van der Waals surface area (Å²) in [5.74, 6) is 3.15. The van der Waals surface area contributed by atoms with Gasteiger partial charge in [0.05, 0.1) is 20.8 Å². The Bertz CT molecular complexity index is 698. The Labute approximate surface area is 142 Å². The number of hydrogen-bond donors (Lipinski definition) is 1. The van der Waals surface area contributed by atoms with E-state index >= 15 is 0 Å². The first-order valence-electron chi connectivity index (χ1n) is 7.54. The van der Waals surface area contributed by atoms with Gasteiger partial charge in [0.25, 0.3) is 0 Å². The van der Waals surface area contributed by atoms with Crippen LogP contribution in [0.1, 0.15) is 11.4 Å². The van der Waals surface area contributed by atoms with Crippen LogP contribution >= 0.6 is 0 Å². The molecule has 0 aliphatic rings. The number of nitrogens with one attached hydrogen (secondary N) is 1. The number of ether oxygens (including phenoxy) is 2. The number of nitrogens with zero attached hydrogens (tertiary/aromatic N) is 5. The van der Waals surface area contributed by atoms with Crippen molar-refractivity contribution in [3.8, 4) is 11.5 Å².